The second-order valence-electron chi connectivity index (χ2n) is 6.01. The largest absolute Gasteiger partial charge is 0.488 e. The van der Waals surface area contributed by atoms with Gasteiger partial charge in [0.15, 0.2) is 5.96 Å². The fourth-order valence-corrected chi connectivity index (χ4v) is 1.92. The van der Waals surface area contributed by atoms with Gasteiger partial charge in [0.25, 0.3) is 0 Å². The third-order valence-corrected chi connectivity index (χ3v) is 2.84. The molecule has 1 aromatic rings. The first-order chi connectivity index (χ1) is 11.1. The molecular formula is C17H22F3N3O. The number of halogens is 3. The van der Waals surface area contributed by atoms with Crippen LogP contribution in [-0.2, 0) is 12.7 Å². The van der Waals surface area contributed by atoms with Crippen molar-refractivity contribution >= 4 is 5.96 Å². The van der Waals surface area contributed by atoms with E-state index in [2.05, 4.69) is 21.5 Å². The number of nitrogens with zero attached hydrogens (tertiary/aromatic N) is 1. The summed E-state index contributed by atoms with van der Waals surface area (Å²) in [6.07, 6.45) is 0.647. The molecule has 0 aliphatic heterocycles. The Morgan fingerprint density at radius 1 is 1.25 bits per heavy atom. The van der Waals surface area contributed by atoms with E-state index in [9.17, 15) is 13.2 Å². The van der Waals surface area contributed by atoms with Crippen molar-refractivity contribution in [3.8, 4) is 18.1 Å². The van der Waals surface area contributed by atoms with Crippen LogP contribution in [-0.4, -0.2) is 25.2 Å². The molecule has 0 saturated carbocycles. The van der Waals surface area contributed by atoms with Gasteiger partial charge in [-0.25, -0.2) is 0 Å². The number of guanidine groups is 1. The summed E-state index contributed by atoms with van der Waals surface area (Å²) in [6, 6.07) is 3.93. The SMILES string of the molecule is C#CCNC(=NC)NCc1ccc(OC(C)(C)C)cc1C(F)(F)F. The first-order valence-corrected chi connectivity index (χ1v) is 7.34. The van der Waals surface area contributed by atoms with E-state index in [1.807, 2.05) is 0 Å². The highest BCUT2D eigenvalue weighted by molar-refractivity contribution is 5.79. The van der Waals surface area contributed by atoms with E-state index >= 15 is 0 Å². The summed E-state index contributed by atoms with van der Waals surface area (Å²) in [6.45, 7) is 5.50. The molecule has 1 rings (SSSR count). The van der Waals surface area contributed by atoms with Crippen LogP contribution in [0.3, 0.4) is 0 Å². The van der Waals surface area contributed by atoms with Gasteiger partial charge in [0, 0.05) is 13.6 Å². The molecule has 0 amide bonds. The Hall–Kier alpha value is -2.36. The van der Waals surface area contributed by atoms with Gasteiger partial charge in [-0.05, 0) is 38.5 Å². The maximum absolute atomic E-state index is 13.3. The molecule has 132 valence electrons. The molecule has 4 nitrogen and oxygen atoms in total. The summed E-state index contributed by atoms with van der Waals surface area (Å²) in [7, 11) is 1.51. The number of hydrogen-bond acceptors (Lipinski definition) is 2. The van der Waals surface area contributed by atoms with Crippen LogP contribution in [0.2, 0.25) is 0 Å². The summed E-state index contributed by atoms with van der Waals surface area (Å²) in [5.41, 5.74) is -1.24. The molecule has 24 heavy (non-hydrogen) atoms. The Bertz CT molecular complexity index is 625. The molecule has 0 fully saturated rings. The first kappa shape index (κ1) is 19.7. The maximum atomic E-state index is 13.3. The lowest BCUT2D eigenvalue weighted by molar-refractivity contribution is -0.138. The van der Waals surface area contributed by atoms with Crippen molar-refractivity contribution in [3.63, 3.8) is 0 Å². The summed E-state index contributed by atoms with van der Waals surface area (Å²) < 4.78 is 45.5. The molecule has 0 atom stereocenters. The number of aliphatic imine (C=N–C) groups is 1. The van der Waals surface area contributed by atoms with Gasteiger partial charge >= 0.3 is 6.18 Å². The Morgan fingerprint density at radius 2 is 1.92 bits per heavy atom. The van der Waals surface area contributed by atoms with Crippen LogP contribution in [0.5, 0.6) is 5.75 Å². The number of alkyl halides is 3. The van der Waals surface area contributed by atoms with Crippen LogP contribution >= 0.6 is 0 Å². The number of ether oxygens (including phenoxy) is 1. The molecule has 0 radical (unpaired) electrons. The molecule has 0 unspecified atom stereocenters. The van der Waals surface area contributed by atoms with Crippen LogP contribution in [0, 0.1) is 12.3 Å². The normalized spacial score (nSPS) is 12.5. The van der Waals surface area contributed by atoms with E-state index in [0.717, 1.165) is 6.07 Å². The van der Waals surface area contributed by atoms with Crippen molar-refractivity contribution in [3.05, 3.63) is 29.3 Å². The van der Waals surface area contributed by atoms with Crippen molar-refractivity contribution in [1.29, 1.82) is 0 Å². The van der Waals surface area contributed by atoms with Gasteiger partial charge in [-0.1, -0.05) is 12.0 Å². The zero-order chi connectivity index (χ0) is 18.4. The first-order valence-electron chi connectivity index (χ1n) is 7.34. The molecule has 1 aromatic carbocycles. The molecule has 0 aliphatic rings. The Balaban J connectivity index is 3.00. The van der Waals surface area contributed by atoms with Crippen LogP contribution in [0.1, 0.15) is 31.9 Å². The molecular weight excluding hydrogens is 319 g/mol. The van der Waals surface area contributed by atoms with Crippen molar-refractivity contribution in [2.24, 2.45) is 4.99 Å². The lowest BCUT2D eigenvalue weighted by Gasteiger charge is -2.23. The molecule has 0 spiro atoms. The van der Waals surface area contributed by atoms with E-state index in [4.69, 9.17) is 11.2 Å². The minimum atomic E-state index is -4.48. The van der Waals surface area contributed by atoms with Gasteiger partial charge in [0.1, 0.15) is 11.4 Å². The van der Waals surface area contributed by atoms with Crippen molar-refractivity contribution in [1.82, 2.24) is 10.6 Å². The van der Waals surface area contributed by atoms with Gasteiger partial charge in [0.2, 0.25) is 0 Å². The van der Waals surface area contributed by atoms with Gasteiger partial charge in [-0.3, -0.25) is 4.99 Å². The average Bonchev–Trinajstić information content (AvgIpc) is 2.46. The highest BCUT2D eigenvalue weighted by Crippen LogP contribution is 2.35. The Kier molecular flexibility index (Phi) is 6.52. The van der Waals surface area contributed by atoms with E-state index in [-0.39, 0.29) is 24.4 Å². The average molecular weight is 341 g/mol. The topological polar surface area (TPSA) is 45.7 Å². The molecule has 0 saturated heterocycles. The van der Waals surface area contributed by atoms with Gasteiger partial charge < -0.3 is 15.4 Å². The molecule has 0 heterocycles. The highest BCUT2D eigenvalue weighted by Gasteiger charge is 2.34. The van der Waals surface area contributed by atoms with Crippen LogP contribution in [0.25, 0.3) is 0 Å². The molecule has 7 heteroatoms. The van der Waals surface area contributed by atoms with E-state index in [0.29, 0.717) is 5.96 Å². The third kappa shape index (κ3) is 6.41. The zero-order valence-electron chi connectivity index (χ0n) is 14.2. The standard InChI is InChI=1S/C17H22F3N3O/c1-6-9-22-15(21-5)23-11-12-7-8-13(24-16(2,3)4)10-14(12)17(18,19)20/h1,7-8,10H,9,11H2,2-5H3,(H2,21,22,23). The molecule has 0 aromatic heterocycles. The second-order valence-corrected chi connectivity index (χ2v) is 6.01. The minimum Gasteiger partial charge on any atom is -0.488 e. The Labute approximate surface area is 140 Å². The second kappa shape index (κ2) is 7.95. The van der Waals surface area contributed by atoms with Gasteiger partial charge in [-0.2, -0.15) is 13.2 Å². The number of hydrogen-bond donors (Lipinski definition) is 2. The van der Waals surface area contributed by atoms with Crippen molar-refractivity contribution < 1.29 is 17.9 Å². The Morgan fingerprint density at radius 3 is 2.42 bits per heavy atom. The maximum Gasteiger partial charge on any atom is 0.416 e. The minimum absolute atomic E-state index is 0.0467. The number of terminal acetylenes is 1. The van der Waals surface area contributed by atoms with E-state index in [1.54, 1.807) is 20.8 Å². The monoisotopic (exact) mass is 341 g/mol. The van der Waals surface area contributed by atoms with Crippen molar-refractivity contribution in [2.45, 2.75) is 39.1 Å². The van der Waals surface area contributed by atoms with Crippen LogP contribution in [0.4, 0.5) is 13.2 Å². The summed E-state index contributed by atoms with van der Waals surface area (Å²) in [5, 5.41) is 5.59. The number of benzene rings is 1. The van der Waals surface area contributed by atoms with E-state index in [1.165, 1.54) is 19.2 Å². The summed E-state index contributed by atoms with van der Waals surface area (Å²) in [5.74, 6) is 2.87. The fourth-order valence-electron chi connectivity index (χ4n) is 1.92. The lowest BCUT2D eigenvalue weighted by Crippen LogP contribution is -2.37. The van der Waals surface area contributed by atoms with Crippen LogP contribution in [0.15, 0.2) is 23.2 Å². The predicted octanol–water partition coefficient (Wildman–Crippen LogP) is 3.18. The molecule has 0 aliphatic carbocycles. The van der Waals surface area contributed by atoms with Gasteiger partial charge in [-0.15, -0.1) is 6.42 Å². The quantitative estimate of drug-likeness (QED) is 0.502. The fraction of sp³-hybridized carbons (Fsp3) is 0.471. The smallest absolute Gasteiger partial charge is 0.416 e. The lowest BCUT2D eigenvalue weighted by atomic mass is 10.1. The molecule has 0 bridgehead atoms. The number of nitrogens with one attached hydrogen (secondary N) is 2. The third-order valence-electron chi connectivity index (χ3n) is 2.84. The van der Waals surface area contributed by atoms with Gasteiger partial charge in [0.05, 0.1) is 12.1 Å². The van der Waals surface area contributed by atoms with Crippen LogP contribution < -0.4 is 15.4 Å². The summed E-state index contributed by atoms with van der Waals surface area (Å²) >= 11 is 0. The predicted molar refractivity (Wildman–Crippen MR) is 88.9 cm³/mol. The molecule has 2 N–H and O–H groups in total. The number of rotatable bonds is 4. The summed E-state index contributed by atoms with van der Waals surface area (Å²) in [4.78, 5) is 3.89. The van der Waals surface area contributed by atoms with Crippen molar-refractivity contribution in [2.75, 3.05) is 13.6 Å². The highest BCUT2D eigenvalue weighted by atomic mass is 19.4. The zero-order valence-corrected chi connectivity index (χ0v) is 14.2. The van der Waals surface area contributed by atoms with E-state index < -0.39 is 17.3 Å².